The maximum atomic E-state index is 5.37. The fraction of sp³-hybridized carbons (Fsp3) is 1.00. The molecular weight excluding hydrogens is 176 g/mol. The fourth-order valence-corrected chi connectivity index (χ4v) is 2.28. The van der Waals surface area contributed by atoms with Crippen molar-refractivity contribution in [1.29, 1.82) is 0 Å². The van der Waals surface area contributed by atoms with Gasteiger partial charge in [0.15, 0.2) is 0 Å². The maximum Gasteiger partial charge on any atom is 0.0531 e. The summed E-state index contributed by atoms with van der Waals surface area (Å²) in [5, 5.41) is 7.06. The third-order valence-electron chi connectivity index (χ3n) is 3.46. The van der Waals surface area contributed by atoms with Crippen molar-refractivity contribution in [3.05, 3.63) is 0 Å². The Hall–Kier alpha value is -0.120. The van der Waals surface area contributed by atoms with Crippen molar-refractivity contribution in [3.63, 3.8) is 0 Å². The zero-order valence-corrected chi connectivity index (χ0v) is 9.14. The number of hydrogen-bond donors (Lipinski definition) is 2. The van der Waals surface area contributed by atoms with Gasteiger partial charge in [-0.3, -0.25) is 0 Å². The lowest BCUT2D eigenvalue weighted by atomic mass is 9.79. The molecule has 2 N–H and O–H groups in total. The van der Waals surface area contributed by atoms with E-state index in [9.17, 15) is 0 Å². The van der Waals surface area contributed by atoms with Gasteiger partial charge in [0.1, 0.15) is 0 Å². The van der Waals surface area contributed by atoms with Crippen LogP contribution in [0.1, 0.15) is 25.7 Å². The van der Waals surface area contributed by atoms with Gasteiger partial charge in [0.2, 0.25) is 0 Å². The minimum Gasteiger partial charge on any atom is -0.384 e. The van der Waals surface area contributed by atoms with Gasteiger partial charge >= 0.3 is 0 Å². The van der Waals surface area contributed by atoms with Crippen LogP contribution in [0.4, 0.5) is 0 Å². The molecular formula is C11H22N2O. The second-order valence-corrected chi connectivity index (χ2v) is 4.84. The van der Waals surface area contributed by atoms with Gasteiger partial charge < -0.3 is 15.4 Å². The zero-order valence-electron chi connectivity index (χ0n) is 9.14. The maximum absolute atomic E-state index is 5.37. The molecule has 0 amide bonds. The lowest BCUT2D eigenvalue weighted by Gasteiger charge is -2.37. The molecule has 0 aromatic carbocycles. The van der Waals surface area contributed by atoms with E-state index in [4.69, 9.17) is 4.74 Å². The lowest BCUT2D eigenvalue weighted by Crippen LogP contribution is -2.46. The monoisotopic (exact) mass is 198 g/mol. The molecule has 1 saturated heterocycles. The molecule has 0 aromatic heterocycles. The molecule has 2 fully saturated rings. The molecule has 0 unspecified atom stereocenters. The second-order valence-electron chi connectivity index (χ2n) is 4.84. The number of nitrogens with one attached hydrogen (secondary N) is 2. The van der Waals surface area contributed by atoms with Gasteiger partial charge in [-0.25, -0.2) is 0 Å². The van der Waals surface area contributed by atoms with Crippen LogP contribution in [0.3, 0.4) is 0 Å². The largest absolute Gasteiger partial charge is 0.384 e. The third kappa shape index (κ3) is 2.69. The van der Waals surface area contributed by atoms with Crippen molar-refractivity contribution in [2.24, 2.45) is 5.41 Å². The highest BCUT2D eigenvalue weighted by atomic mass is 16.5. The van der Waals surface area contributed by atoms with Crippen LogP contribution in [0.5, 0.6) is 0 Å². The van der Waals surface area contributed by atoms with Crippen molar-refractivity contribution in [2.45, 2.75) is 31.7 Å². The minimum atomic E-state index is 0.405. The fourth-order valence-electron chi connectivity index (χ4n) is 2.28. The predicted molar refractivity (Wildman–Crippen MR) is 57.4 cm³/mol. The molecule has 2 aliphatic rings. The van der Waals surface area contributed by atoms with E-state index in [-0.39, 0.29) is 0 Å². The first-order valence-corrected chi connectivity index (χ1v) is 5.78. The van der Waals surface area contributed by atoms with E-state index in [1.54, 1.807) is 0 Å². The molecule has 0 bridgehead atoms. The summed E-state index contributed by atoms with van der Waals surface area (Å²) in [6, 6.07) is 0.818. The molecule has 1 aliphatic carbocycles. The van der Waals surface area contributed by atoms with Crippen LogP contribution < -0.4 is 10.6 Å². The molecule has 3 heteroatoms. The first-order valence-electron chi connectivity index (χ1n) is 5.78. The van der Waals surface area contributed by atoms with E-state index >= 15 is 0 Å². The Bertz CT molecular complexity index is 169. The molecule has 1 saturated carbocycles. The van der Waals surface area contributed by atoms with Crippen LogP contribution >= 0.6 is 0 Å². The van der Waals surface area contributed by atoms with Crippen LogP contribution in [0.15, 0.2) is 0 Å². The van der Waals surface area contributed by atoms with E-state index in [1.807, 2.05) is 7.11 Å². The second kappa shape index (κ2) is 4.60. The normalized spacial score (nSPS) is 26.4. The number of methoxy groups -OCH3 is 1. The summed E-state index contributed by atoms with van der Waals surface area (Å²) in [6.45, 7) is 4.35. The van der Waals surface area contributed by atoms with Crippen LogP contribution in [0, 0.1) is 5.41 Å². The van der Waals surface area contributed by atoms with Gasteiger partial charge in [-0.15, -0.1) is 0 Å². The Morgan fingerprint density at radius 1 is 1.36 bits per heavy atom. The lowest BCUT2D eigenvalue weighted by molar-refractivity contribution is 0.0534. The highest BCUT2D eigenvalue weighted by Gasteiger charge is 2.33. The highest BCUT2D eigenvalue weighted by molar-refractivity contribution is 4.90. The highest BCUT2D eigenvalue weighted by Crippen LogP contribution is 2.30. The zero-order chi connectivity index (χ0) is 9.86. The van der Waals surface area contributed by atoms with Crippen molar-refractivity contribution >= 4 is 0 Å². The SMILES string of the molecule is COCC1(CNC2CC2)CCNCC1. The number of piperidine rings is 1. The van der Waals surface area contributed by atoms with E-state index in [2.05, 4.69) is 10.6 Å². The van der Waals surface area contributed by atoms with Crippen LogP contribution in [0.2, 0.25) is 0 Å². The first kappa shape index (κ1) is 10.4. The van der Waals surface area contributed by atoms with Gasteiger partial charge in [0.25, 0.3) is 0 Å². The first-order chi connectivity index (χ1) is 6.85. The summed E-state index contributed by atoms with van der Waals surface area (Å²) in [4.78, 5) is 0. The molecule has 1 heterocycles. The van der Waals surface area contributed by atoms with E-state index in [0.29, 0.717) is 5.41 Å². The number of ether oxygens (including phenoxy) is 1. The van der Waals surface area contributed by atoms with Gasteiger partial charge in [-0.2, -0.15) is 0 Å². The molecule has 2 rings (SSSR count). The summed E-state index contributed by atoms with van der Waals surface area (Å²) >= 11 is 0. The summed E-state index contributed by atoms with van der Waals surface area (Å²) in [5.74, 6) is 0. The van der Waals surface area contributed by atoms with Gasteiger partial charge in [-0.1, -0.05) is 0 Å². The molecule has 0 atom stereocenters. The predicted octanol–water partition coefficient (Wildman–Crippen LogP) is 0.755. The Kier molecular flexibility index (Phi) is 3.42. The number of rotatable bonds is 5. The Morgan fingerprint density at radius 2 is 2.07 bits per heavy atom. The summed E-state index contributed by atoms with van der Waals surface area (Å²) < 4.78 is 5.37. The van der Waals surface area contributed by atoms with Crippen molar-refractivity contribution in [1.82, 2.24) is 10.6 Å². The van der Waals surface area contributed by atoms with Crippen molar-refractivity contribution in [3.8, 4) is 0 Å². The molecule has 82 valence electrons. The molecule has 0 aromatic rings. The molecule has 0 radical (unpaired) electrons. The third-order valence-corrected chi connectivity index (χ3v) is 3.46. The van der Waals surface area contributed by atoms with E-state index < -0.39 is 0 Å². The molecule has 1 aliphatic heterocycles. The van der Waals surface area contributed by atoms with Gasteiger partial charge in [-0.05, 0) is 38.8 Å². The summed E-state index contributed by atoms with van der Waals surface area (Å²) in [6.07, 6.45) is 5.25. The van der Waals surface area contributed by atoms with Crippen molar-refractivity contribution < 1.29 is 4.74 Å². The average Bonchev–Trinajstić information content (AvgIpc) is 3.00. The van der Waals surface area contributed by atoms with Crippen LogP contribution in [-0.2, 0) is 4.74 Å². The Labute approximate surface area is 86.6 Å². The van der Waals surface area contributed by atoms with Gasteiger partial charge in [0, 0.05) is 25.1 Å². The molecule has 14 heavy (non-hydrogen) atoms. The van der Waals surface area contributed by atoms with Crippen LogP contribution in [0.25, 0.3) is 0 Å². The van der Waals surface area contributed by atoms with Crippen LogP contribution in [-0.4, -0.2) is 39.4 Å². The van der Waals surface area contributed by atoms with Gasteiger partial charge in [0.05, 0.1) is 6.61 Å². The van der Waals surface area contributed by atoms with E-state index in [1.165, 1.54) is 25.7 Å². The van der Waals surface area contributed by atoms with Crippen molar-refractivity contribution in [2.75, 3.05) is 33.4 Å². The summed E-state index contributed by atoms with van der Waals surface area (Å²) in [5.41, 5.74) is 0.405. The Balaban J connectivity index is 1.82. The smallest absolute Gasteiger partial charge is 0.0531 e. The minimum absolute atomic E-state index is 0.405. The average molecular weight is 198 g/mol. The molecule has 3 nitrogen and oxygen atoms in total. The Morgan fingerprint density at radius 3 is 2.64 bits per heavy atom. The quantitative estimate of drug-likeness (QED) is 0.684. The standard InChI is InChI=1S/C11H22N2O/c1-14-9-11(4-6-12-7-5-11)8-13-10-2-3-10/h10,12-13H,2-9H2,1H3. The topological polar surface area (TPSA) is 33.3 Å². The number of hydrogen-bond acceptors (Lipinski definition) is 3. The summed E-state index contributed by atoms with van der Waals surface area (Å²) in [7, 11) is 1.82. The van der Waals surface area contributed by atoms with E-state index in [0.717, 1.165) is 32.3 Å². The molecule has 0 spiro atoms.